The Labute approximate surface area is 185 Å². The Balaban J connectivity index is 0.00000150. The molecule has 4 rings (SSSR count). The van der Waals surface area contributed by atoms with Gasteiger partial charge in [-0.2, -0.15) is 0 Å². The molecular weight excluding hydrogens is 407 g/mol. The van der Waals surface area contributed by atoms with Gasteiger partial charge in [-0.05, 0) is 36.6 Å². The lowest BCUT2D eigenvalue weighted by molar-refractivity contribution is -0.141. The number of nitrogens with one attached hydrogen (secondary N) is 1. The normalized spacial score (nSPS) is 22.3. The first-order valence-corrected chi connectivity index (χ1v) is 9.98. The molecule has 0 aliphatic carbocycles. The molecule has 0 bridgehead atoms. The number of benzene rings is 1. The molecule has 1 aromatic carbocycles. The lowest BCUT2D eigenvalue weighted by Gasteiger charge is -2.40. The number of piperazine rings is 1. The molecule has 2 aromatic rings. The van der Waals surface area contributed by atoms with Gasteiger partial charge in [0.1, 0.15) is 0 Å². The Hall–Kier alpha value is -1.66. The van der Waals surface area contributed by atoms with Crippen LogP contribution in [0.2, 0.25) is 0 Å². The van der Waals surface area contributed by atoms with Crippen molar-refractivity contribution in [1.29, 1.82) is 0 Å². The number of likely N-dealkylation sites (tertiary alicyclic amines) is 1. The third-order valence-corrected chi connectivity index (χ3v) is 5.70. The average Bonchev–Trinajstić information content (AvgIpc) is 2.75. The summed E-state index contributed by atoms with van der Waals surface area (Å²) in [4.78, 5) is 22.2. The van der Waals surface area contributed by atoms with Gasteiger partial charge in [0.25, 0.3) is 0 Å². The quantitative estimate of drug-likeness (QED) is 0.798. The third kappa shape index (κ3) is 5.92. The van der Waals surface area contributed by atoms with Crippen molar-refractivity contribution in [3.05, 3.63) is 66.0 Å². The van der Waals surface area contributed by atoms with E-state index in [4.69, 9.17) is 0 Å². The molecule has 2 aliphatic rings. The summed E-state index contributed by atoms with van der Waals surface area (Å²) in [7, 11) is 0. The highest BCUT2D eigenvalue weighted by Gasteiger charge is 2.34. The molecule has 1 aromatic heterocycles. The molecule has 2 aliphatic heterocycles. The second-order valence-electron chi connectivity index (χ2n) is 7.60. The number of carbonyl (C=O) groups excluding carboxylic acids is 1. The zero-order valence-corrected chi connectivity index (χ0v) is 18.2. The summed E-state index contributed by atoms with van der Waals surface area (Å²) < 4.78 is 0. The van der Waals surface area contributed by atoms with E-state index in [0.29, 0.717) is 5.91 Å². The molecule has 0 radical (unpaired) electrons. The van der Waals surface area contributed by atoms with Crippen molar-refractivity contribution >= 4 is 30.7 Å². The minimum Gasteiger partial charge on any atom is -0.333 e. The van der Waals surface area contributed by atoms with Crippen LogP contribution in [0.5, 0.6) is 0 Å². The van der Waals surface area contributed by atoms with Gasteiger partial charge in [0.2, 0.25) is 5.91 Å². The molecule has 0 saturated carbocycles. The van der Waals surface area contributed by atoms with Gasteiger partial charge < -0.3 is 10.2 Å². The summed E-state index contributed by atoms with van der Waals surface area (Å²) >= 11 is 0. The van der Waals surface area contributed by atoms with Crippen molar-refractivity contribution < 1.29 is 4.79 Å². The molecule has 0 spiro atoms. The van der Waals surface area contributed by atoms with Gasteiger partial charge in [-0.15, -0.1) is 24.8 Å². The zero-order valence-electron chi connectivity index (χ0n) is 16.6. The van der Waals surface area contributed by atoms with Crippen LogP contribution >= 0.6 is 24.8 Å². The summed E-state index contributed by atoms with van der Waals surface area (Å²) in [6.07, 6.45) is 5.76. The molecule has 158 valence electrons. The highest BCUT2D eigenvalue weighted by Crippen LogP contribution is 2.27. The molecule has 1 amide bonds. The van der Waals surface area contributed by atoms with E-state index in [0.717, 1.165) is 57.7 Å². The molecule has 2 unspecified atom stereocenters. The predicted molar refractivity (Wildman–Crippen MR) is 120 cm³/mol. The van der Waals surface area contributed by atoms with E-state index in [9.17, 15) is 4.79 Å². The van der Waals surface area contributed by atoms with E-state index in [1.165, 1.54) is 5.56 Å². The van der Waals surface area contributed by atoms with E-state index < -0.39 is 0 Å². The Morgan fingerprint density at radius 2 is 1.93 bits per heavy atom. The maximum absolute atomic E-state index is 13.4. The summed E-state index contributed by atoms with van der Waals surface area (Å²) in [5.41, 5.74) is 2.44. The monoisotopic (exact) mass is 436 g/mol. The first-order valence-electron chi connectivity index (χ1n) is 9.98. The van der Waals surface area contributed by atoms with Gasteiger partial charge in [0.15, 0.2) is 0 Å². The first-order chi connectivity index (χ1) is 13.3. The Kier molecular flexibility index (Phi) is 9.37. The highest BCUT2D eigenvalue weighted by molar-refractivity contribution is 5.85. The number of halogens is 2. The Morgan fingerprint density at radius 3 is 2.69 bits per heavy atom. The Bertz CT molecular complexity index is 747. The lowest BCUT2D eigenvalue weighted by atomic mass is 9.94. The number of amides is 1. The molecule has 5 nitrogen and oxygen atoms in total. The number of pyridine rings is 1. The number of hydrogen-bond donors (Lipinski definition) is 1. The summed E-state index contributed by atoms with van der Waals surface area (Å²) in [5.74, 6) is 0.405. The van der Waals surface area contributed by atoms with Crippen molar-refractivity contribution in [3.8, 4) is 0 Å². The topological polar surface area (TPSA) is 48.5 Å². The van der Waals surface area contributed by atoms with Crippen LogP contribution in [0.3, 0.4) is 0 Å². The van der Waals surface area contributed by atoms with Crippen molar-refractivity contribution in [2.75, 3.05) is 32.7 Å². The number of piperidine rings is 1. The number of aromatic nitrogens is 1. The van der Waals surface area contributed by atoms with Gasteiger partial charge >= 0.3 is 0 Å². The van der Waals surface area contributed by atoms with Crippen LogP contribution in [0.25, 0.3) is 0 Å². The molecule has 2 saturated heterocycles. The van der Waals surface area contributed by atoms with Gasteiger partial charge in [0, 0.05) is 45.1 Å². The number of nitrogens with zero attached hydrogens (tertiary/aromatic N) is 3. The highest BCUT2D eigenvalue weighted by atomic mass is 35.5. The molecule has 3 heterocycles. The molecule has 2 atom stereocenters. The fraction of sp³-hybridized carbons (Fsp3) is 0.455. The van der Waals surface area contributed by atoms with Crippen LogP contribution < -0.4 is 5.32 Å². The number of carbonyl (C=O) groups is 1. The van der Waals surface area contributed by atoms with E-state index >= 15 is 0 Å². The molecule has 7 heteroatoms. The zero-order chi connectivity index (χ0) is 18.5. The van der Waals surface area contributed by atoms with Crippen LogP contribution in [0.4, 0.5) is 0 Å². The largest absolute Gasteiger partial charge is 0.333 e. The molecule has 29 heavy (non-hydrogen) atoms. The van der Waals surface area contributed by atoms with E-state index in [1.54, 1.807) is 6.20 Å². The van der Waals surface area contributed by atoms with E-state index in [2.05, 4.69) is 56.5 Å². The van der Waals surface area contributed by atoms with Crippen LogP contribution in [0, 0.1) is 5.92 Å². The minimum atomic E-state index is 0. The van der Waals surface area contributed by atoms with E-state index in [-0.39, 0.29) is 36.8 Å². The maximum Gasteiger partial charge on any atom is 0.227 e. The van der Waals surface area contributed by atoms with Gasteiger partial charge in [-0.1, -0.05) is 36.4 Å². The minimum absolute atomic E-state index is 0. The fourth-order valence-corrected chi connectivity index (χ4v) is 4.32. The second kappa shape index (κ2) is 11.5. The van der Waals surface area contributed by atoms with Crippen LogP contribution in [0.1, 0.15) is 30.0 Å². The second-order valence-corrected chi connectivity index (χ2v) is 7.60. The average molecular weight is 437 g/mol. The van der Waals surface area contributed by atoms with Gasteiger partial charge in [-0.25, -0.2) is 0 Å². The van der Waals surface area contributed by atoms with Crippen molar-refractivity contribution in [2.45, 2.75) is 25.4 Å². The maximum atomic E-state index is 13.4. The van der Waals surface area contributed by atoms with Crippen LogP contribution in [-0.2, 0) is 11.3 Å². The summed E-state index contributed by atoms with van der Waals surface area (Å²) in [6, 6.07) is 14.7. The number of hydrogen-bond acceptors (Lipinski definition) is 4. The summed E-state index contributed by atoms with van der Waals surface area (Å²) in [6.45, 7) is 5.30. The lowest BCUT2D eigenvalue weighted by Crippen LogP contribution is -2.52. The number of rotatable bonds is 4. The SMILES string of the molecule is Cl.Cl.O=C(C1CCCN(Cc2ccccc2)C1)N1CCNCC1c1cccnc1. The summed E-state index contributed by atoms with van der Waals surface area (Å²) in [5, 5.41) is 3.43. The smallest absolute Gasteiger partial charge is 0.227 e. The van der Waals surface area contributed by atoms with E-state index in [1.807, 2.05) is 12.3 Å². The van der Waals surface area contributed by atoms with Gasteiger partial charge in [0.05, 0.1) is 12.0 Å². The van der Waals surface area contributed by atoms with Crippen molar-refractivity contribution in [2.24, 2.45) is 5.92 Å². The molecular formula is C22H30Cl2N4O. The molecule has 2 fully saturated rings. The predicted octanol–water partition coefficient (Wildman–Crippen LogP) is 3.31. The van der Waals surface area contributed by atoms with Crippen molar-refractivity contribution in [1.82, 2.24) is 20.1 Å². The third-order valence-electron chi connectivity index (χ3n) is 5.70. The molecule has 1 N–H and O–H groups in total. The standard InChI is InChI=1S/C22H28N4O.2ClH/c27-22(26-13-11-24-15-21(26)19-8-4-10-23-14-19)20-9-5-12-25(17-20)16-18-6-2-1-3-7-18;;/h1-4,6-8,10,14,20-21,24H,5,9,11-13,15-17H2;2*1H. The van der Waals surface area contributed by atoms with Gasteiger partial charge in [-0.3, -0.25) is 14.7 Å². The van der Waals surface area contributed by atoms with Crippen LogP contribution in [-0.4, -0.2) is 53.4 Å². The Morgan fingerprint density at radius 1 is 1.10 bits per heavy atom. The van der Waals surface area contributed by atoms with Crippen molar-refractivity contribution in [3.63, 3.8) is 0 Å². The first kappa shape index (κ1) is 23.6. The fourth-order valence-electron chi connectivity index (χ4n) is 4.32. The van der Waals surface area contributed by atoms with Crippen LogP contribution in [0.15, 0.2) is 54.9 Å².